The van der Waals surface area contributed by atoms with Crippen LogP contribution in [0.1, 0.15) is 46.9 Å². The van der Waals surface area contributed by atoms with Crippen LogP contribution in [-0.4, -0.2) is 35.3 Å². The van der Waals surface area contributed by atoms with Crippen molar-refractivity contribution in [3.63, 3.8) is 0 Å². The fourth-order valence-corrected chi connectivity index (χ4v) is 6.34. The summed E-state index contributed by atoms with van der Waals surface area (Å²) in [5.41, 5.74) is 2.91. The van der Waals surface area contributed by atoms with E-state index in [-0.39, 0.29) is 24.3 Å². The van der Waals surface area contributed by atoms with Crippen LogP contribution >= 0.6 is 27.3 Å². The van der Waals surface area contributed by atoms with Crippen molar-refractivity contribution < 1.29 is 28.9 Å². The first kappa shape index (κ1) is 30.0. The molecule has 5 rings (SSSR count). The smallest absolute Gasteiger partial charge is 0.338 e. The molecule has 3 aromatic carbocycles. The molecule has 0 radical (unpaired) electrons. The number of fused-ring (bicyclic) bond motifs is 1. The van der Waals surface area contributed by atoms with Crippen LogP contribution in [0.15, 0.2) is 92.3 Å². The highest BCUT2D eigenvalue weighted by atomic mass is 79.9. The van der Waals surface area contributed by atoms with Crippen molar-refractivity contribution in [2.75, 3.05) is 13.7 Å². The molecule has 11 heteroatoms. The lowest BCUT2D eigenvalue weighted by molar-refractivity contribution is -0.139. The Bertz CT molecular complexity index is 1930. The molecule has 0 aliphatic carbocycles. The highest BCUT2D eigenvalue weighted by Crippen LogP contribution is 2.35. The number of ether oxygens (including phenoxy) is 3. The molecule has 0 saturated heterocycles. The third-order valence-electron chi connectivity index (χ3n) is 6.77. The number of benzene rings is 3. The number of rotatable bonds is 9. The molecule has 0 amide bonds. The third-order valence-corrected chi connectivity index (χ3v) is 8.37. The molecule has 220 valence electrons. The fraction of sp³-hybridized carbons (Fsp3) is 0.188. The predicted molar refractivity (Wildman–Crippen MR) is 165 cm³/mol. The van der Waals surface area contributed by atoms with E-state index in [1.807, 2.05) is 24.3 Å². The molecule has 1 aliphatic rings. The lowest BCUT2D eigenvalue weighted by Gasteiger charge is -2.25. The molecule has 1 atom stereocenters. The Morgan fingerprint density at radius 1 is 1.12 bits per heavy atom. The molecule has 0 saturated carbocycles. The highest BCUT2D eigenvalue weighted by molar-refractivity contribution is 9.10. The summed E-state index contributed by atoms with van der Waals surface area (Å²) in [5, 5.41) is 9.19. The van der Waals surface area contributed by atoms with Gasteiger partial charge in [-0.3, -0.25) is 9.36 Å². The molecule has 1 N–H and O–H groups in total. The van der Waals surface area contributed by atoms with E-state index in [9.17, 15) is 19.5 Å². The number of halogens is 1. The molecule has 0 spiro atoms. The van der Waals surface area contributed by atoms with Gasteiger partial charge in [0.1, 0.15) is 18.1 Å². The van der Waals surface area contributed by atoms with Crippen molar-refractivity contribution in [1.29, 1.82) is 0 Å². The summed E-state index contributed by atoms with van der Waals surface area (Å²) in [7, 11) is 1.57. The molecule has 43 heavy (non-hydrogen) atoms. The minimum absolute atomic E-state index is 0.188. The van der Waals surface area contributed by atoms with Gasteiger partial charge in [0, 0.05) is 0 Å². The van der Waals surface area contributed by atoms with E-state index >= 15 is 0 Å². The number of carbonyl (C=O) groups excluding carboxylic acids is 1. The van der Waals surface area contributed by atoms with Crippen LogP contribution in [0, 0.1) is 0 Å². The second-order valence-electron chi connectivity index (χ2n) is 9.56. The molecule has 1 aromatic heterocycles. The van der Waals surface area contributed by atoms with E-state index in [1.165, 1.54) is 22.0 Å². The first-order chi connectivity index (χ1) is 20.7. The first-order valence-electron chi connectivity index (χ1n) is 13.3. The Balaban J connectivity index is 1.48. The van der Waals surface area contributed by atoms with Gasteiger partial charge in [-0.2, -0.15) is 0 Å². The van der Waals surface area contributed by atoms with Crippen LogP contribution in [0.4, 0.5) is 0 Å². The van der Waals surface area contributed by atoms with Gasteiger partial charge in [0.25, 0.3) is 5.56 Å². The summed E-state index contributed by atoms with van der Waals surface area (Å²) >= 11 is 4.76. The number of carboxylic acid groups (broad SMARTS) is 1. The zero-order valence-electron chi connectivity index (χ0n) is 23.5. The van der Waals surface area contributed by atoms with Crippen molar-refractivity contribution in [3.05, 3.63) is 124 Å². The number of hydrogen-bond donors (Lipinski definition) is 1. The summed E-state index contributed by atoms with van der Waals surface area (Å²) in [4.78, 5) is 43.3. The van der Waals surface area contributed by atoms with Crippen molar-refractivity contribution in [1.82, 2.24) is 4.57 Å². The lowest BCUT2D eigenvalue weighted by Crippen LogP contribution is -2.39. The first-order valence-corrected chi connectivity index (χ1v) is 14.9. The van der Waals surface area contributed by atoms with Crippen molar-refractivity contribution in [2.24, 2.45) is 4.99 Å². The number of thiazole rings is 1. The number of allylic oxidation sites excluding steroid dienone is 1. The molecule has 9 nitrogen and oxygen atoms in total. The van der Waals surface area contributed by atoms with Gasteiger partial charge in [-0.1, -0.05) is 41.7 Å². The van der Waals surface area contributed by atoms with Gasteiger partial charge in [0.15, 0.2) is 4.80 Å². The van der Waals surface area contributed by atoms with Gasteiger partial charge >= 0.3 is 11.9 Å². The normalized spacial score (nSPS) is 14.6. The zero-order valence-corrected chi connectivity index (χ0v) is 25.9. The fourth-order valence-electron chi connectivity index (χ4n) is 4.73. The van der Waals surface area contributed by atoms with Crippen LogP contribution < -0.4 is 24.4 Å². The minimum Gasteiger partial charge on any atom is -0.496 e. The van der Waals surface area contributed by atoms with Crippen LogP contribution in [-0.2, 0) is 16.1 Å². The summed E-state index contributed by atoms with van der Waals surface area (Å²) in [5.74, 6) is -0.304. The van der Waals surface area contributed by atoms with Gasteiger partial charge in [0.05, 0.1) is 45.6 Å². The number of methoxy groups -OCH3 is 1. The Morgan fingerprint density at radius 3 is 2.56 bits per heavy atom. The standard InChI is InChI=1S/C32H27BrN2O7S/c1-4-41-31(39)27-18(2)34-32-35(28(27)21-10-13-25(40-3)24(33)16-21)29(36)26(43-32)15-19-8-11-23(12-9-19)42-17-20-6-5-7-22(14-20)30(37)38/h5-16,28H,4,17H2,1-3H3,(H,37,38)/b26-15-/t28-/m0/s1. The molecule has 2 heterocycles. The number of esters is 1. The van der Waals surface area contributed by atoms with E-state index in [0.717, 1.165) is 11.1 Å². The average Bonchev–Trinajstić information content (AvgIpc) is 3.30. The van der Waals surface area contributed by atoms with E-state index in [2.05, 4.69) is 20.9 Å². The summed E-state index contributed by atoms with van der Waals surface area (Å²) in [6, 6.07) is 18.5. The average molecular weight is 664 g/mol. The summed E-state index contributed by atoms with van der Waals surface area (Å²) < 4.78 is 19.2. The van der Waals surface area contributed by atoms with Gasteiger partial charge in [0.2, 0.25) is 0 Å². The molecule has 0 bridgehead atoms. The van der Waals surface area contributed by atoms with Crippen LogP contribution in [0.3, 0.4) is 0 Å². The molecule has 0 unspecified atom stereocenters. The molecule has 1 aliphatic heterocycles. The molecule has 4 aromatic rings. The Labute approximate surface area is 259 Å². The topological polar surface area (TPSA) is 116 Å². The van der Waals surface area contributed by atoms with E-state index in [0.29, 0.717) is 42.1 Å². The van der Waals surface area contributed by atoms with Gasteiger partial charge in [-0.15, -0.1) is 0 Å². The summed E-state index contributed by atoms with van der Waals surface area (Å²) in [6.07, 6.45) is 1.77. The van der Waals surface area contributed by atoms with Gasteiger partial charge < -0.3 is 19.3 Å². The quantitative estimate of drug-likeness (QED) is 0.255. The lowest BCUT2D eigenvalue weighted by atomic mass is 9.96. The minimum atomic E-state index is -0.994. The van der Waals surface area contributed by atoms with Crippen molar-refractivity contribution >= 4 is 45.3 Å². The number of carbonyl (C=O) groups is 2. The second-order valence-corrected chi connectivity index (χ2v) is 11.4. The van der Waals surface area contributed by atoms with Crippen molar-refractivity contribution in [2.45, 2.75) is 26.5 Å². The third kappa shape index (κ3) is 6.32. The van der Waals surface area contributed by atoms with E-state index < -0.39 is 18.0 Å². The molecular weight excluding hydrogens is 636 g/mol. The largest absolute Gasteiger partial charge is 0.496 e. The van der Waals surface area contributed by atoms with Crippen LogP contribution in [0.2, 0.25) is 0 Å². The maximum atomic E-state index is 13.8. The van der Waals surface area contributed by atoms with Crippen molar-refractivity contribution in [3.8, 4) is 11.5 Å². The molecule has 0 fully saturated rings. The second kappa shape index (κ2) is 12.8. The van der Waals surface area contributed by atoms with E-state index in [4.69, 9.17) is 14.2 Å². The number of aromatic carboxylic acids is 1. The number of nitrogens with zero attached hydrogens (tertiary/aromatic N) is 2. The maximum absolute atomic E-state index is 13.8. The summed E-state index contributed by atoms with van der Waals surface area (Å²) in [6.45, 7) is 3.87. The monoisotopic (exact) mass is 662 g/mol. The van der Waals surface area contributed by atoms with Gasteiger partial charge in [-0.05, 0) is 88.9 Å². The Kier molecular flexibility index (Phi) is 8.93. The zero-order chi connectivity index (χ0) is 30.7. The maximum Gasteiger partial charge on any atom is 0.338 e. The van der Waals surface area contributed by atoms with E-state index in [1.54, 1.807) is 63.4 Å². The van der Waals surface area contributed by atoms with Gasteiger partial charge in [-0.25, -0.2) is 14.6 Å². The highest BCUT2D eigenvalue weighted by Gasteiger charge is 2.33. The number of carboxylic acids is 1. The number of aromatic nitrogens is 1. The Hall–Kier alpha value is -4.48. The predicted octanol–water partition coefficient (Wildman–Crippen LogP) is 4.85. The molecular formula is C32H27BrN2O7S. The SMILES string of the molecule is CCOC(=O)C1=C(C)N=c2s/c(=C\c3ccc(OCc4cccc(C(=O)O)c4)cc3)c(=O)n2[C@H]1c1ccc(OC)c(Br)c1. The Morgan fingerprint density at radius 2 is 1.88 bits per heavy atom. The van der Waals surface area contributed by atoms with Crippen LogP contribution in [0.25, 0.3) is 6.08 Å². The number of hydrogen-bond acceptors (Lipinski definition) is 8. The van der Waals surface area contributed by atoms with Crippen LogP contribution in [0.5, 0.6) is 11.5 Å².